The van der Waals surface area contributed by atoms with Gasteiger partial charge in [0.2, 0.25) is 0 Å². The van der Waals surface area contributed by atoms with Crippen molar-refractivity contribution >= 4 is 52.5 Å². The Balaban J connectivity index is 1.73. The molecule has 0 unspecified atom stereocenters. The van der Waals surface area contributed by atoms with E-state index >= 15 is 0 Å². The Kier molecular flexibility index (Phi) is 8.14. The standard InChI is InChI=1S/C25H19Cl2N3O4/c1-15-2-4-20(12-22(15)27)29-24(32)14-34-23-9-3-18(26)11-16(23)10-17(13-28)25(33)30-19-5-7-21(31)8-6-19/h2-12,31H,14H2,1H3,(H,29,32)(H,30,33)/b17-10+. The normalized spacial score (nSPS) is 10.8. The predicted octanol–water partition coefficient (Wildman–Crippen LogP) is 5.57. The number of carbonyl (C=O) groups is 2. The molecule has 2 amide bonds. The second-order valence-corrected chi connectivity index (χ2v) is 8.00. The van der Waals surface area contributed by atoms with Crippen molar-refractivity contribution in [2.24, 2.45) is 0 Å². The molecule has 0 aliphatic carbocycles. The van der Waals surface area contributed by atoms with E-state index in [4.69, 9.17) is 27.9 Å². The minimum atomic E-state index is -0.659. The van der Waals surface area contributed by atoms with Gasteiger partial charge in [-0.15, -0.1) is 0 Å². The Morgan fingerprint density at radius 1 is 1.03 bits per heavy atom. The van der Waals surface area contributed by atoms with Crippen LogP contribution in [0.25, 0.3) is 6.08 Å². The Morgan fingerprint density at radius 2 is 1.74 bits per heavy atom. The van der Waals surface area contributed by atoms with Crippen molar-refractivity contribution in [2.45, 2.75) is 6.92 Å². The molecule has 9 heteroatoms. The number of halogens is 2. The van der Waals surface area contributed by atoms with Gasteiger partial charge in [0.05, 0.1) is 0 Å². The number of aromatic hydroxyl groups is 1. The summed E-state index contributed by atoms with van der Waals surface area (Å²) in [5.74, 6) is -0.778. The van der Waals surface area contributed by atoms with Crippen molar-refractivity contribution in [3.63, 3.8) is 0 Å². The number of carbonyl (C=O) groups excluding carboxylic acids is 2. The van der Waals surface area contributed by atoms with Crippen LogP contribution in [0.3, 0.4) is 0 Å². The van der Waals surface area contributed by atoms with Gasteiger partial charge in [-0.2, -0.15) is 5.26 Å². The van der Waals surface area contributed by atoms with E-state index in [1.807, 2.05) is 13.0 Å². The number of nitriles is 1. The van der Waals surface area contributed by atoms with Crippen molar-refractivity contribution in [2.75, 3.05) is 17.2 Å². The number of phenolic OH excluding ortho intramolecular Hbond substituents is 1. The number of nitrogens with one attached hydrogen (secondary N) is 2. The van der Waals surface area contributed by atoms with E-state index in [0.29, 0.717) is 27.0 Å². The summed E-state index contributed by atoms with van der Waals surface area (Å²) < 4.78 is 5.62. The number of amides is 2. The summed E-state index contributed by atoms with van der Waals surface area (Å²) in [7, 11) is 0. The zero-order valence-corrected chi connectivity index (χ0v) is 19.4. The lowest BCUT2D eigenvalue weighted by atomic mass is 10.1. The molecule has 0 aliphatic heterocycles. The van der Waals surface area contributed by atoms with E-state index < -0.39 is 11.8 Å². The van der Waals surface area contributed by atoms with Crippen molar-refractivity contribution in [1.82, 2.24) is 0 Å². The molecule has 0 saturated heterocycles. The van der Waals surface area contributed by atoms with Crippen LogP contribution in [-0.2, 0) is 9.59 Å². The quantitative estimate of drug-likeness (QED) is 0.225. The molecule has 172 valence electrons. The SMILES string of the molecule is Cc1ccc(NC(=O)COc2ccc(Cl)cc2/C=C(\C#N)C(=O)Nc2ccc(O)cc2)cc1Cl. The molecule has 0 heterocycles. The van der Waals surface area contributed by atoms with Crippen molar-refractivity contribution in [1.29, 1.82) is 5.26 Å². The smallest absolute Gasteiger partial charge is 0.266 e. The topological polar surface area (TPSA) is 111 Å². The predicted molar refractivity (Wildman–Crippen MR) is 132 cm³/mol. The van der Waals surface area contributed by atoms with Crippen molar-refractivity contribution in [3.8, 4) is 17.6 Å². The molecule has 3 aromatic carbocycles. The number of ether oxygens (including phenoxy) is 1. The van der Waals surface area contributed by atoms with Gasteiger partial charge in [-0.3, -0.25) is 9.59 Å². The number of benzene rings is 3. The molecule has 34 heavy (non-hydrogen) atoms. The van der Waals surface area contributed by atoms with E-state index in [0.717, 1.165) is 5.56 Å². The van der Waals surface area contributed by atoms with Gasteiger partial charge in [0.25, 0.3) is 11.8 Å². The molecular weight excluding hydrogens is 477 g/mol. The first-order valence-corrected chi connectivity index (χ1v) is 10.7. The lowest BCUT2D eigenvalue weighted by molar-refractivity contribution is -0.118. The third-order valence-electron chi connectivity index (χ3n) is 4.58. The fourth-order valence-electron chi connectivity index (χ4n) is 2.82. The first kappa shape index (κ1) is 24.6. The van der Waals surface area contributed by atoms with Crippen LogP contribution in [0, 0.1) is 18.3 Å². The third-order valence-corrected chi connectivity index (χ3v) is 5.22. The van der Waals surface area contributed by atoms with Crippen LogP contribution in [0.1, 0.15) is 11.1 Å². The highest BCUT2D eigenvalue weighted by atomic mass is 35.5. The van der Waals surface area contributed by atoms with Crippen LogP contribution < -0.4 is 15.4 Å². The molecule has 0 aromatic heterocycles. The zero-order valence-electron chi connectivity index (χ0n) is 17.9. The van der Waals surface area contributed by atoms with Crippen LogP contribution in [0.5, 0.6) is 11.5 Å². The molecule has 3 aromatic rings. The number of aryl methyl sites for hydroxylation is 1. The number of hydrogen-bond acceptors (Lipinski definition) is 5. The minimum absolute atomic E-state index is 0.0456. The second kappa shape index (κ2) is 11.2. The zero-order chi connectivity index (χ0) is 24.7. The summed E-state index contributed by atoms with van der Waals surface area (Å²) in [5.41, 5.74) is 1.95. The van der Waals surface area contributed by atoms with Crippen LogP contribution in [0.2, 0.25) is 10.0 Å². The van der Waals surface area contributed by atoms with Gasteiger partial charge < -0.3 is 20.5 Å². The van der Waals surface area contributed by atoms with Crippen LogP contribution >= 0.6 is 23.2 Å². The Hall–Kier alpha value is -3.99. The summed E-state index contributed by atoms with van der Waals surface area (Å²) in [6.07, 6.45) is 1.31. The number of nitrogens with zero attached hydrogens (tertiary/aromatic N) is 1. The summed E-state index contributed by atoms with van der Waals surface area (Å²) in [4.78, 5) is 24.9. The molecule has 0 fully saturated rings. The monoisotopic (exact) mass is 495 g/mol. The molecule has 0 atom stereocenters. The molecule has 0 bridgehead atoms. The van der Waals surface area contributed by atoms with E-state index in [2.05, 4.69) is 10.6 Å². The molecule has 3 rings (SSSR count). The van der Waals surface area contributed by atoms with Gasteiger partial charge in [-0.1, -0.05) is 29.3 Å². The number of rotatable bonds is 7. The second-order valence-electron chi connectivity index (χ2n) is 7.15. The van der Waals surface area contributed by atoms with E-state index in [1.165, 1.54) is 42.5 Å². The van der Waals surface area contributed by atoms with Gasteiger partial charge in [0.1, 0.15) is 23.1 Å². The first-order chi connectivity index (χ1) is 16.2. The average molecular weight is 496 g/mol. The summed E-state index contributed by atoms with van der Waals surface area (Å²) in [5, 5.41) is 25.0. The van der Waals surface area contributed by atoms with Gasteiger partial charge in [0.15, 0.2) is 6.61 Å². The lowest BCUT2D eigenvalue weighted by Gasteiger charge is -2.11. The summed E-state index contributed by atoms with van der Waals surface area (Å²) >= 11 is 12.2. The van der Waals surface area contributed by atoms with Gasteiger partial charge >= 0.3 is 0 Å². The maximum Gasteiger partial charge on any atom is 0.266 e. The number of anilines is 2. The third kappa shape index (κ3) is 6.75. The van der Waals surface area contributed by atoms with Gasteiger partial charge in [-0.05, 0) is 73.2 Å². The fourth-order valence-corrected chi connectivity index (χ4v) is 3.18. The van der Waals surface area contributed by atoms with Crippen molar-refractivity contribution in [3.05, 3.63) is 87.4 Å². The minimum Gasteiger partial charge on any atom is -0.508 e. The van der Waals surface area contributed by atoms with E-state index in [-0.39, 0.29) is 23.7 Å². The average Bonchev–Trinajstić information content (AvgIpc) is 2.80. The Labute approximate surface area is 206 Å². The van der Waals surface area contributed by atoms with Crippen molar-refractivity contribution < 1.29 is 19.4 Å². The molecule has 0 aliphatic rings. The maximum absolute atomic E-state index is 12.5. The number of hydrogen-bond donors (Lipinski definition) is 3. The lowest BCUT2D eigenvalue weighted by Crippen LogP contribution is -2.20. The Morgan fingerprint density at radius 3 is 2.41 bits per heavy atom. The van der Waals surface area contributed by atoms with Gasteiger partial charge in [0, 0.05) is 27.0 Å². The fraction of sp³-hybridized carbons (Fsp3) is 0.0800. The van der Waals surface area contributed by atoms with Gasteiger partial charge in [-0.25, -0.2) is 0 Å². The maximum atomic E-state index is 12.5. The molecule has 7 nitrogen and oxygen atoms in total. The highest BCUT2D eigenvalue weighted by Gasteiger charge is 2.13. The Bertz CT molecular complexity index is 1300. The van der Waals surface area contributed by atoms with Crippen LogP contribution in [0.15, 0.2) is 66.2 Å². The molecule has 0 spiro atoms. The summed E-state index contributed by atoms with van der Waals surface area (Å²) in [6, 6.07) is 17.4. The van der Waals surface area contributed by atoms with E-state index in [9.17, 15) is 20.0 Å². The first-order valence-electron chi connectivity index (χ1n) is 9.95. The highest BCUT2D eigenvalue weighted by molar-refractivity contribution is 6.31. The largest absolute Gasteiger partial charge is 0.508 e. The van der Waals surface area contributed by atoms with Crippen LogP contribution in [0.4, 0.5) is 11.4 Å². The summed E-state index contributed by atoms with van der Waals surface area (Å²) in [6.45, 7) is 1.53. The molecule has 0 saturated carbocycles. The molecule has 0 radical (unpaired) electrons. The van der Waals surface area contributed by atoms with Crippen LogP contribution in [-0.4, -0.2) is 23.5 Å². The number of phenols is 1. The molecule has 3 N–H and O–H groups in total. The van der Waals surface area contributed by atoms with E-state index in [1.54, 1.807) is 24.3 Å². The molecular formula is C25H19Cl2N3O4. The highest BCUT2D eigenvalue weighted by Crippen LogP contribution is 2.26.